The maximum atomic E-state index is 5.16. The standard InChI is InChI=1S/C10H16O/c1-5-8-6-11-7-9(8)10(2,3)4/h6-7H,5H2,1-4H3. The highest BCUT2D eigenvalue weighted by Gasteiger charge is 2.18. The Morgan fingerprint density at radius 3 is 2.27 bits per heavy atom. The molecular weight excluding hydrogens is 136 g/mol. The lowest BCUT2D eigenvalue weighted by Crippen LogP contribution is -2.11. The second-order valence-corrected chi connectivity index (χ2v) is 3.91. The van der Waals surface area contributed by atoms with Crippen LogP contribution in [0, 0.1) is 0 Å². The molecule has 1 heteroatoms. The fourth-order valence-corrected chi connectivity index (χ4v) is 1.26. The molecule has 0 aromatic carbocycles. The molecule has 0 aliphatic rings. The zero-order chi connectivity index (χ0) is 8.48. The van der Waals surface area contributed by atoms with Gasteiger partial charge < -0.3 is 4.42 Å². The van der Waals surface area contributed by atoms with E-state index in [2.05, 4.69) is 27.7 Å². The minimum atomic E-state index is 0.221. The number of rotatable bonds is 1. The minimum Gasteiger partial charge on any atom is -0.472 e. The summed E-state index contributed by atoms with van der Waals surface area (Å²) in [6.07, 6.45) is 4.77. The van der Waals surface area contributed by atoms with Crippen molar-refractivity contribution in [1.29, 1.82) is 0 Å². The summed E-state index contributed by atoms with van der Waals surface area (Å²) in [4.78, 5) is 0. The maximum absolute atomic E-state index is 5.16. The molecule has 0 aliphatic heterocycles. The normalized spacial score (nSPS) is 12.0. The van der Waals surface area contributed by atoms with E-state index in [0.717, 1.165) is 6.42 Å². The van der Waals surface area contributed by atoms with E-state index in [4.69, 9.17) is 4.42 Å². The highest BCUT2D eigenvalue weighted by Crippen LogP contribution is 2.26. The predicted octanol–water partition coefficient (Wildman–Crippen LogP) is 3.14. The van der Waals surface area contributed by atoms with Crippen molar-refractivity contribution in [1.82, 2.24) is 0 Å². The van der Waals surface area contributed by atoms with Crippen molar-refractivity contribution in [2.45, 2.75) is 39.5 Å². The molecule has 62 valence electrons. The van der Waals surface area contributed by atoms with Crippen LogP contribution in [0.25, 0.3) is 0 Å². The van der Waals surface area contributed by atoms with Crippen LogP contribution in [0.3, 0.4) is 0 Å². The molecule has 0 radical (unpaired) electrons. The van der Waals surface area contributed by atoms with Gasteiger partial charge >= 0.3 is 0 Å². The van der Waals surface area contributed by atoms with Crippen LogP contribution in [-0.2, 0) is 11.8 Å². The third kappa shape index (κ3) is 1.65. The van der Waals surface area contributed by atoms with Crippen LogP contribution >= 0.6 is 0 Å². The van der Waals surface area contributed by atoms with E-state index in [1.165, 1.54) is 11.1 Å². The summed E-state index contributed by atoms with van der Waals surface area (Å²) in [5.74, 6) is 0. The summed E-state index contributed by atoms with van der Waals surface area (Å²) < 4.78 is 5.16. The number of furan rings is 1. The average Bonchev–Trinajstić information content (AvgIpc) is 2.31. The summed E-state index contributed by atoms with van der Waals surface area (Å²) >= 11 is 0. The Balaban J connectivity index is 3.02. The van der Waals surface area contributed by atoms with E-state index < -0.39 is 0 Å². The van der Waals surface area contributed by atoms with Crippen molar-refractivity contribution in [3.8, 4) is 0 Å². The first-order valence-electron chi connectivity index (χ1n) is 4.11. The fraction of sp³-hybridized carbons (Fsp3) is 0.600. The molecule has 1 aromatic rings. The molecule has 0 N–H and O–H groups in total. The molecule has 0 saturated heterocycles. The summed E-state index contributed by atoms with van der Waals surface area (Å²) in [5, 5.41) is 0. The SMILES string of the molecule is CCc1cocc1C(C)(C)C. The molecular formula is C10H16O. The van der Waals surface area contributed by atoms with Gasteiger partial charge in [0.25, 0.3) is 0 Å². The molecule has 1 nitrogen and oxygen atoms in total. The Bertz CT molecular complexity index is 227. The molecule has 0 saturated carbocycles. The average molecular weight is 152 g/mol. The lowest BCUT2D eigenvalue weighted by atomic mass is 9.86. The van der Waals surface area contributed by atoms with E-state index >= 15 is 0 Å². The topological polar surface area (TPSA) is 13.1 Å². The first-order valence-corrected chi connectivity index (χ1v) is 4.11. The zero-order valence-electron chi connectivity index (χ0n) is 7.77. The minimum absolute atomic E-state index is 0.221. The Kier molecular flexibility index (Phi) is 2.08. The Labute approximate surface area is 68.4 Å². The molecule has 0 amide bonds. The number of aryl methyl sites for hydroxylation is 1. The quantitative estimate of drug-likeness (QED) is 0.602. The first kappa shape index (κ1) is 8.38. The van der Waals surface area contributed by atoms with Crippen molar-refractivity contribution in [2.24, 2.45) is 0 Å². The van der Waals surface area contributed by atoms with E-state index in [1.54, 1.807) is 0 Å². The van der Waals surface area contributed by atoms with E-state index in [9.17, 15) is 0 Å². The van der Waals surface area contributed by atoms with Crippen LogP contribution < -0.4 is 0 Å². The Hall–Kier alpha value is -0.720. The van der Waals surface area contributed by atoms with Crippen LogP contribution in [0.4, 0.5) is 0 Å². The molecule has 1 rings (SSSR count). The third-order valence-electron chi connectivity index (χ3n) is 1.93. The molecule has 0 unspecified atom stereocenters. The van der Waals surface area contributed by atoms with E-state index in [0.29, 0.717) is 0 Å². The van der Waals surface area contributed by atoms with Gasteiger partial charge in [0.05, 0.1) is 12.5 Å². The Morgan fingerprint density at radius 2 is 1.91 bits per heavy atom. The highest BCUT2D eigenvalue weighted by atomic mass is 16.3. The molecule has 11 heavy (non-hydrogen) atoms. The summed E-state index contributed by atoms with van der Waals surface area (Å²) in [7, 11) is 0. The van der Waals surface area contributed by atoms with E-state index in [1.807, 2.05) is 12.5 Å². The van der Waals surface area contributed by atoms with Crippen molar-refractivity contribution >= 4 is 0 Å². The van der Waals surface area contributed by atoms with Crippen LogP contribution in [0.5, 0.6) is 0 Å². The van der Waals surface area contributed by atoms with Gasteiger partial charge in [-0.05, 0) is 23.0 Å². The lowest BCUT2D eigenvalue weighted by Gasteiger charge is -2.17. The van der Waals surface area contributed by atoms with Crippen molar-refractivity contribution < 1.29 is 4.42 Å². The van der Waals surface area contributed by atoms with E-state index in [-0.39, 0.29) is 5.41 Å². The summed E-state index contributed by atoms with van der Waals surface area (Å²) in [6.45, 7) is 8.77. The van der Waals surface area contributed by atoms with Crippen LogP contribution in [0.1, 0.15) is 38.8 Å². The first-order chi connectivity index (χ1) is 5.05. The molecule has 1 aromatic heterocycles. The molecule has 1 heterocycles. The maximum Gasteiger partial charge on any atom is 0.0942 e. The number of hydrogen-bond donors (Lipinski definition) is 0. The smallest absolute Gasteiger partial charge is 0.0942 e. The second-order valence-electron chi connectivity index (χ2n) is 3.91. The van der Waals surface area contributed by atoms with Gasteiger partial charge in [0, 0.05) is 0 Å². The lowest BCUT2D eigenvalue weighted by molar-refractivity contribution is 0.537. The van der Waals surface area contributed by atoms with Gasteiger partial charge in [0.2, 0.25) is 0 Å². The van der Waals surface area contributed by atoms with Gasteiger partial charge in [-0.3, -0.25) is 0 Å². The van der Waals surface area contributed by atoms with Gasteiger partial charge in [-0.25, -0.2) is 0 Å². The molecule has 0 fully saturated rings. The highest BCUT2D eigenvalue weighted by molar-refractivity contribution is 5.27. The fourth-order valence-electron chi connectivity index (χ4n) is 1.26. The second kappa shape index (κ2) is 2.72. The summed E-state index contributed by atoms with van der Waals surface area (Å²) in [5.41, 5.74) is 2.88. The van der Waals surface area contributed by atoms with Crippen molar-refractivity contribution in [3.05, 3.63) is 23.7 Å². The van der Waals surface area contributed by atoms with Crippen molar-refractivity contribution in [2.75, 3.05) is 0 Å². The van der Waals surface area contributed by atoms with Crippen molar-refractivity contribution in [3.63, 3.8) is 0 Å². The molecule has 0 bridgehead atoms. The summed E-state index contributed by atoms with van der Waals surface area (Å²) in [6, 6.07) is 0. The molecule has 0 atom stereocenters. The van der Waals surface area contributed by atoms with Gasteiger partial charge in [-0.1, -0.05) is 27.7 Å². The van der Waals surface area contributed by atoms with Gasteiger partial charge in [-0.15, -0.1) is 0 Å². The third-order valence-corrected chi connectivity index (χ3v) is 1.93. The number of hydrogen-bond acceptors (Lipinski definition) is 1. The largest absolute Gasteiger partial charge is 0.472 e. The van der Waals surface area contributed by atoms with Gasteiger partial charge in [-0.2, -0.15) is 0 Å². The molecule has 0 aliphatic carbocycles. The Morgan fingerprint density at radius 1 is 1.27 bits per heavy atom. The van der Waals surface area contributed by atoms with Gasteiger partial charge in [0.15, 0.2) is 0 Å². The van der Waals surface area contributed by atoms with Crippen LogP contribution in [0.2, 0.25) is 0 Å². The monoisotopic (exact) mass is 152 g/mol. The van der Waals surface area contributed by atoms with Crippen LogP contribution in [0.15, 0.2) is 16.9 Å². The zero-order valence-corrected chi connectivity index (χ0v) is 7.77. The predicted molar refractivity (Wildman–Crippen MR) is 46.8 cm³/mol. The van der Waals surface area contributed by atoms with Crippen LogP contribution in [-0.4, -0.2) is 0 Å². The van der Waals surface area contributed by atoms with Gasteiger partial charge in [0.1, 0.15) is 0 Å². The molecule has 0 spiro atoms.